The van der Waals surface area contributed by atoms with E-state index in [0.29, 0.717) is 43.9 Å². The van der Waals surface area contributed by atoms with Gasteiger partial charge in [-0.05, 0) is 87.3 Å². The number of piperidine rings is 1. The van der Waals surface area contributed by atoms with Crippen LogP contribution in [0, 0.1) is 33.6 Å². The number of carbonyl (C=O) groups excluding carboxylic acids is 1. The van der Waals surface area contributed by atoms with E-state index in [1.165, 1.54) is 0 Å². The van der Waals surface area contributed by atoms with Crippen molar-refractivity contribution in [3.63, 3.8) is 0 Å². The maximum absolute atomic E-state index is 13.6. The standard InChI is InChI=1S/C27H37N3O4S/c1-19-15-20(2)22(4)26(21(19)3)35(32,33)30-12-9-24(10-13-30)27(31)29(18-25-8-6-14-34-25)17-23-7-5-11-28-16-23/h5,7,11,15-16,24-25H,6,8-10,12-14,17-18H2,1-4H3. The molecule has 190 valence electrons. The highest BCUT2D eigenvalue weighted by Gasteiger charge is 2.36. The Bertz CT molecular complexity index is 1130. The fourth-order valence-electron chi connectivity index (χ4n) is 5.28. The summed E-state index contributed by atoms with van der Waals surface area (Å²) in [5.74, 6) is -0.110. The molecule has 2 aliphatic rings. The number of benzene rings is 1. The van der Waals surface area contributed by atoms with E-state index in [0.717, 1.165) is 47.3 Å². The molecule has 2 aromatic rings. The molecule has 1 amide bonds. The van der Waals surface area contributed by atoms with Gasteiger partial charge in [-0.2, -0.15) is 4.31 Å². The highest BCUT2D eigenvalue weighted by Crippen LogP contribution is 2.32. The van der Waals surface area contributed by atoms with E-state index in [1.54, 1.807) is 16.7 Å². The zero-order chi connectivity index (χ0) is 25.2. The Morgan fingerprint density at radius 3 is 2.37 bits per heavy atom. The van der Waals surface area contributed by atoms with Crippen molar-refractivity contribution in [2.45, 2.75) is 70.9 Å². The molecule has 2 fully saturated rings. The van der Waals surface area contributed by atoms with Crippen LogP contribution in [0.5, 0.6) is 0 Å². The third kappa shape index (κ3) is 5.60. The summed E-state index contributed by atoms with van der Waals surface area (Å²) in [6.45, 7) is 10.2. The molecule has 1 aromatic carbocycles. The van der Waals surface area contributed by atoms with Crippen LogP contribution in [0.2, 0.25) is 0 Å². The first-order valence-electron chi connectivity index (χ1n) is 12.6. The molecule has 4 rings (SSSR count). The largest absolute Gasteiger partial charge is 0.376 e. The summed E-state index contributed by atoms with van der Waals surface area (Å²) in [4.78, 5) is 20.1. The van der Waals surface area contributed by atoms with Gasteiger partial charge in [-0.15, -0.1) is 0 Å². The van der Waals surface area contributed by atoms with Gasteiger partial charge in [-0.1, -0.05) is 12.1 Å². The Morgan fingerprint density at radius 2 is 1.80 bits per heavy atom. The number of hydrogen-bond acceptors (Lipinski definition) is 5. The van der Waals surface area contributed by atoms with Crippen molar-refractivity contribution in [3.8, 4) is 0 Å². The summed E-state index contributed by atoms with van der Waals surface area (Å²) < 4.78 is 34.6. The normalized spacial score (nSPS) is 19.7. The molecular weight excluding hydrogens is 462 g/mol. The molecule has 0 aliphatic carbocycles. The fraction of sp³-hybridized carbons (Fsp3) is 0.556. The summed E-state index contributed by atoms with van der Waals surface area (Å²) in [6, 6.07) is 5.90. The molecule has 2 saturated heterocycles. The first-order valence-corrected chi connectivity index (χ1v) is 14.0. The monoisotopic (exact) mass is 499 g/mol. The molecule has 8 heteroatoms. The van der Waals surface area contributed by atoms with Gasteiger partial charge in [0.15, 0.2) is 0 Å². The molecule has 0 spiro atoms. The molecule has 1 aromatic heterocycles. The molecule has 7 nitrogen and oxygen atoms in total. The van der Waals surface area contributed by atoms with Gasteiger partial charge in [0.1, 0.15) is 0 Å². The number of carbonyl (C=O) groups is 1. The van der Waals surface area contributed by atoms with E-state index < -0.39 is 10.0 Å². The minimum absolute atomic E-state index is 0.0617. The van der Waals surface area contributed by atoms with E-state index in [9.17, 15) is 13.2 Å². The maximum Gasteiger partial charge on any atom is 0.243 e. The Morgan fingerprint density at radius 1 is 1.11 bits per heavy atom. The highest BCUT2D eigenvalue weighted by atomic mass is 32.2. The van der Waals surface area contributed by atoms with E-state index in [4.69, 9.17) is 4.74 Å². The smallest absolute Gasteiger partial charge is 0.243 e. The molecule has 1 unspecified atom stereocenters. The Labute approximate surface area is 209 Å². The minimum atomic E-state index is -3.62. The van der Waals surface area contributed by atoms with Crippen molar-refractivity contribution in [1.82, 2.24) is 14.2 Å². The Kier molecular flexibility index (Phi) is 7.93. The van der Waals surface area contributed by atoms with Crippen LogP contribution in [-0.2, 0) is 26.1 Å². The van der Waals surface area contributed by atoms with Gasteiger partial charge >= 0.3 is 0 Å². The number of aryl methyl sites for hydroxylation is 2. The summed E-state index contributed by atoms with van der Waals surface area (Å²) in [5.41, 5.74) is 4.57. The van der Waals surface area contributed by atoms with Crippen molar-refractivity contribution in [3.05, 3.63) is 58.4 Å². The number of hydrogen-bond donors (Lipinski definition) is 0. The average molecular weight is 500 g/mol. The molecule has 0 N–H and O–H groups in total. The van der Waals surface area contributed by atoms with E-state index in [-0.39, 0.29) is 17.9 Å². The number of sulfonamides is 1. The van der Waals surface area contributed by atoms with Gasteiger partial charge in [-0.3, -0.25) is 9.78 Å². The van der Waals surface area contributed by atoms with Crippen LogP contribution >= 0.6 is 0 Å². The SMILES string of the molecule is Cc1cc(C)c(C)c(S(=O)(=O)N2CCC(C(=O)N(Cc3cccnc3)CC3CCCO3)CC2)c1C. The van der Waals surface area contributed by atoms with Crippen molar-refractivity contribution >= 4 is 15.9 Å². The molecule has 0 bridgehead atoms. The third-order valence-corrected chi connectivity index (χ3v) is 9.73. The quantitative estimate of drug-likeness (QED) is 0.577. The number of amides is 1. The van der Waals surface area contributed by atoms with Gasteiger partial charge in [0.05, 0.1) is 11.0 Å². The second-order valence-electron chi connectivity index (χ2n) is 9.98. The van der Waals surface area contributed by atoms with Crippen LogP contribution in [0.3, 0.4) is 0 Å². The second kappa shape index (κ2) is 10.8. The number of aromatic nitrogens is 1. The molecule has 3 heterocycles. The zero-order valence-corrected chi connectivity index (χ0v) is 22.1. The molecule has 0 radical (unpaired) electrons. The summed E-state index contributed by atoms with van der Waals surface area (Å²) in [6.07, 6.45) is 6.61. The molecule has 35 heavy (non-hydrogen) atoms. The fourth-order valence-corrected chi connectivity index (χ4v) is 7.32. The summed E-state index contributed by atoms with van der Waals surface area (Å²) in [7, 11) is -3.62. The second-order valence-corrected chi connectivity index (χ2v) is 11.9. The van der Waals surface area contributed by atoms with Crippen molar-refractivity contribution in [2.24, 2.45) is 5.92 Å². The van der Waals surface area contributed by atoms with E-state index in [1.807, 2.05) is 50.8 Å². The predicted molar refractivity (Wildman–Crippen MR) is 136 cm³/mol. The van der Waals surface area contributed by atoms with Crippen LogP contribution in [0.4, 0.5) is 0 Å². The minimum Gasteiger partial charge on any atom is -0.376 e. The maximum atomic E-state index is 13.6. The molecule has 2 aliphatic heterocycles. The molecular formula is C27H37N3O4S. The lowest BCUT2D eigenvalue weighted by Gasteiger charge is -2.35. The van der Waals surface area contributed by atoms with Gasteiger partial charge in [0.2, 0.25) is 15.9 Å². The van der Waals surface area contributed by atoms with Crippen molar-refractivity contribution < 1.29 is 17.9 Å². The first kappa shape index (κ1) is 25.8. The van der Waals surface area contributed by atoms with E-state index >= 15 is 0 Å². The van der Waals surface area contributed by atoms with Gasteiger partial charge in [0, 0.05) is 51.1 Å². The van der Waals surface area contributed by atoms with Crippen LogP contribution in [-0.4, -0.2) is 60.9 Å². The zero-order valence-electron chi connectivity index (χ0n) is 21.3. The predicted octanol–water partition coefficient (Wildman–Crippen LogP) is 3.92. The van der Waals surface area contributed by atoms with Crippen molar-refractivity contribution in [1.29, 1.82) is 0 Å². The van der Waals surface area contributed by atoms with Crippen molar-refractivity contribution in [2.75, 3.05) is 26.2 Å². The topological polar surface area (TPSA) is 79.8 Å². The Balaban J connectivity index is 1.48. The molecule has 1 atom stereocenters. The lowest BCUT2D eigenvalue weighted by atomic mass is 9.96. The lowest BCUT2D eigenvalue weighted by molar-refractivity contribution is -0.139. The van der Waals surface area contributed by atoms with Crippen LogP contribution in [0.1, 0.15) is 53.5 Å². The molecule has 0 saturated carbocycles. The van der Waals surface area contributed by atoms with Crippen LogP contribution in [0.25, 0.3) is 0 Å². The van der Waals surface area contributed by atoms with Gasteiger partial charge in [0.25, 0.3) is 0 Å². The number of nitrogens with zero attached hydrogens (tertiary/aromatic N) is 3. The van der Waals surface area contributed by atoms with Crippen LogP contribution < -0.4 is 0 Å². The first-order chi connectivity index (χ1) is 16.7. The van der Waals surface area contributed by atoms with E-state index in [2.05, 4.69) is 4.98 Å². The summed E-state index contributed by atoms with van der Waals surface area (Å²) in [5, 5.41) is 0. The van der Waals surface area contributed by atoms with Gasteiger partial charge < -0.3 is 9.64 Å². The van der Waals surface area contributed by atoms with Gasteiger partial charge in [-0.25, -0.2) is 8.42 Å². The highest BCUT2D eigenvalue weighted by molar-refractivity contribution is 7.89. The number of pyridine rings is 1. The number of ether oxygens (including phenoxy) is 1. The summed E-state index contributed by atoms with van der Waals surface area (Å²) >= 11 is 0. The average Bonchev–Trinajstić information content (AvgIpc) is 3.36. The third-order valence-electron chi connectivity index (χ3n) is 7.55. The number of rotatable bonds is 7. The lowest BCUT2D eigenvalue weighted by Crippen LogP contribution is -2.46. The Hall–Kier alpha value is -2.29. The van der Waals surface area contributed by atoms with Crippen LogP contribution in [0.15, 0.2) is 35.5 Å².